The van der Waals surface area contributed by atoms with E-state index in [-0.39, 0.29) is 18.9 Å². The number of nitrogens with one attached hydrogen (secondary N) is 1. The third kappa shape index (κ3) is 4.13. The summed E-state index contributed by atoms with van der Waals surface area (Å²) < 4.78 is 37.7. The van der Waals surface area contributed by atoms with Gasteiger partial charge in [-0.05, 0) is 49.8 Å². The van der Waals surface area contributed by atoms with Crippen molar-refractivity contribution >= 4 is 11.6 Å². The molecule has 1 aromatic carbocycles. The lowest BCUT2D eigenvalue weighted by Gasteiger charge is -2.30. The van der Waals surface area contributed by atoms with Gasteiger partial charge < -0.3 is 5.32 Å². The van der Waals surface area contributed by atoms with Crippen LogP contribution in [-0.2, 0) is 6.54 Å². The van der Waals surface area contributed by atoms with Gasteiger partial charge in [-0.3, -0.25) is 0 Å². The SMILES string of the molecule is Cc1ccc(CNC2CCC(C(F)(F)F)CC2)cc1Cl. The maximum Gasteiger partial charge on any atom is 0.391 e. The molecule has 1 N–H and O–H groups in total. The van der Waals surface area contributed by atoms with Crippen LogP contribution in [0.2, 0.25) is 5.02 Å². The fraction of sp³-hybridized carbons (Fsp3) is 0.600. The molecule has 0 spiro atoms. The predicted molar refractivity (Wildman–Crippen MR) is 74.8 cm³/mol. The van der Waals surface area contributed by atoms with Crippen molar-refractivity contribution in [3.63, 3.8) is 0 Å². The van der Waals surface area contributed by atoms with Crippen LogP contribution in [0.5, 0.6) is 0 Å². The minimum atomic E-state index is -4.03. The van der Waals surface area contributed by atoms with Crippen LogP contribution < -0.4 is 5.32 Å². The van der Waals surface area contributed by atoms with Crippen molar-refractivity contribution in [1.29, 1.82) is 0 Å². The van der Waals surface area contributed by atoms with Gasteiger partial charge in [-0.25, -0.2) is 0 Å². The van der Waals surface area contributed by atoms with Crippen molar-refractivity contribution in [3.8, 4) is 0 Å². The van der Waals surface area contributed by atoms with Gasteiger partial charge in [0, 0.05) is 17.6 Å². The van der Waals surface area contributed by atoms with E-state index >= 15 is 0 Å². The van der Waals surface area contributed by atoms with Crippen LogP contribution in [-0.4, -0.2) is 12.2 Å². The number of alkyl halides is 3. The maximum absolute atomic E-state index is 12.6. The first-order valence-corrected chi connectivity index (χ1v) is 7.29. The molecule has 0 bridgehead atoms. The minimum Gasteiger partial charge on any atom is -0.310 e. The van der Waals surface area contributed by atoms with E-state index in [1.807, 2.05) is 25.1 Å². The normalized spacial score (nSPS) is 23.9. The summed E-state index contributed by atoms with van der Waals surface area (Å²) in [6.45, 7) is 2.60. The molecule has 0 atom stereocenters. The van der Waals surface area contributed by atoms with Gasteiger partial charge in [0.05, 0.1) is 5.92 Å². The zero-order valence-electron chi connectivity index (χ0n) is 11.4. The Balaban J connectivity index is 1.80. The van der Waals surface area contributed by atoms with E-state index in [2.05, 4.69) is 5.32 Å². The van der Waals surface area contributed by atoms with Crippen molar-refractivity contribution in [2.24, 2.45) is 5.92 Å². The lowest BCUT2D eigenvalue weighted by molar-refractivity contribution is -0.182. The van der Waals surface area contributed by atoms with E-state index in [4.69, 9.17) is 11.6 Å². The summed E-state index contributed by atoms with van der Waals surface area (Å²) in [6.07, 6.45) is -2.39. The molecular formula is C15H19ClF3N. The summed E-state index contributed by atoms with van der Waals surface area (Å²) in [5, 5.41) is 4.06. The molecular weight excluding hydrogens is 287 g/mol. The quantitative estimate of drug-likeness (QED) is 0.841. The summed E-state index contributed by atoms with van der Waals surface area (Å²) >= 11 is 6.05. The van der Waals surface area contributed by atoms with Crippen LogP contribution in [0, 0.1) is 12.8 Å². The fourth-order valence-corrected chi connectivity index (χ4v) is 2.84. The highest BCUT2D eigenvalue weighted by molar-refractivity contribution is 6.31. The van der Waals surface area contributed by atoms with E-state index in [1.54, 1.807) is 0 Å². The van der Waals surface area contributed by atoms with Crippen LogP contribution in [0.1, 0.15) is 36.8 Å². The van der Waals surface area contributed by atoms with Crippen LogP contribution in [0.4, 0.5) is 13.2 Å². The average molecular weight is 306 g/mol. The molecule has 0 heterocycles. The van der Waals surface area contributed by atoms with E-state index in [1.165, 1.54) is 0 Å². The molecule has 1 aliphatic carbocycles. The van der Waals surface area contributed by atoms with E-state index < -0.39 is 12.1 Å². The maximum atomic E-state index is 12.6. The highest BCUT2D eigenvalue weighted by Crippen LogP contribution is 2.37. The molecule has 1 nitrogen and oxygen atoms in total. The minimum absolute atomic E-state index is 0.175. The Morgan fingerprint density at radius 1 is 1.20 bits per heavy atom. The van der Waals surface area contributed by atoms with Gasteiger partial charge in [0.2, 0.25) is 0 Å². The second kappa shape index (κ2) is 6.35. The Morgan fingerprint density at radius 2 is 1.85 bits per heavy atom. The molecule has 112 valence electrons. The highest BCUT2D eigenvalue weighted by atomic mass is 35.5. The molecule has 0 amide bonds. The number of benzene rings is 1. The largest absolute Gasteiger partial charge is 0.391 e. The van der Waals surface area contributed by atoms with E-state index in [9.17, 15) is 13.2 Å². The lowest BCUT2D eigenvalue weighted by Crippen LogP contribution is -2.36. The zero-order chi connectivity index (χ0) is 14.8. The fourth-order valence-electron chi connectivity index (χ4n) is 2.63. The van der Waals surface area contributed by atoms with Gasteiger partial charge in [0.15, 0.2) is 0 Å². The third-order valence-corrected chi connectivity index (χ3v) is 4.43. The molecule has 0 saturated heterocycles. The van der Waals surface area contributed by atoms with Gasteiger partial charge in [0.25, 0.3) is 0 Å². The van der Waals surface area contributed by atoms with E-state index in [0.29, 0.717) is 19.4 Å². The summed E-state index contributed by atoms with van der Waals surface area (Å²) in [7, 11) is 0. The second-order valence-electron chi connectivity index (χ2n) is 5.55. The van der Waals surface area contributed by atoms with Crippen molar-refractivity contribution in [2.75, 3.05) is 0 Å². The molecule has 0 radical (unpaired) electrons. The Labute approximate surface area is 122 Å². The number of hydrogen-bond acceptors (Lipinski definition) is 1. The molecule has 5 heteroatoms. The number of hydrogen-bond donors (Lipinski definition) is 1. The summed E-state index contributed by atoms with van der Waals surface area (Å²) in [4.78, 5) is 0. The predicted octanol–water partition coefficient (Wildman–Crippen LogP) is 4.86. The smallest absolute Gasteiger partial charge is 0.310 e. The zero-order valence-corrected chi connectivity index (χ0v) is 12.2. The van der Waals surface area contributed by atoms with Crippen molar-refractivity contribution in [1.82, 2.24) is 5.32 Å². The molecule has 0 aromatic heterocycles. The van der Waals surface area contributed by atoms with Gasteiger partial charge >= 0.3 is 6.18 Å². The van der Waals surface area contributed by atoms with Gasteiger partial charge in [-0.2, -0.15) is 13.2 Å². The third-order valence-electron chi connectivity index (χ3n) is 4.02. The molecule has 1 aromatic rings. The number of aryl methyl sites for hydroxylation is 1. The van der Waals surface area contributed by atoms with Gasteiger partial charge in [-0.15, -0.1) is 0 Å². The van der Waals surface area contributed by atoms with E-state index in [0.717, 1.165) is 16.1 Å². The number of rotatable bonds is 3. The Bertz CT molecular complexity index is 451. The molecule has 1 fully saturated rings. The molecule has 0 aliphatic heterocycles. The van der Waals surface area contributed by atoms with Crippen molar-refractivity contribution in [3.05, 3.63) is 34.3 Å². The first-order chi connectivity index (χ1) is 9.36. The summed E-state index contributed by atoms with van der Waals surface area (Å²) in [5.74, 6) is -1.12. The first kappa shape index (κ1) is 15.6. The van der Waals surface area contributed by atoms with Crippen molar-refractivity contribution in [2.45, 2.75) is 51.4 Å². The van der Waals surface area contributed by atoms with Gasteiger partial charge in [0.1, 0.15) is 0 Å². The number of halogens is 4. The average Bonchev–Trinajstić information content (AvgIpc) is 2.40. The first-order valence-electron chi connectivity index (χ1n) is 6.91. The van der Waals surface area contributed by atoms with Gasteiger partial charge in [-0.1, -0.05) is 23.7 Å². The molecule has 0 unspecified atom stereocenters. The Morgan fingerprint density at radius 3 is 2.40 bits per heavy atom. The molecule has 20 heavy (non-hydrogen) atoms. The van der Waals surface area contributed by atoms with Crippen LogP contribution in [0.3, 0.4) is 0 Å². The van der Waals surface area contributed by atoms with Crippen LogP contribution in [0.15, 0.2) is 18.2 Å². The monoisotopic (exact) mass is 305 g/mol. The molecule has 2 rings (SSSR count). The Hall–Kier alpha value is -0.740. The molecule has 1 saturated carbocycles. The summed E-state index contributed by atoms with van der Waals surface area (Å²) in [5.41, 5.74) is 2.10. The lowest BCUT2D eigenvalue weighted by atomic mass is 9.85. The van der Waals surface area contributed by atoms with Crippen molar-refractivity contribution < 1.29 is 13.2 Å². The topological polar surface area (TPSA) is 12.0 Å². The highest BCUT2D eigenvalue weighted by Gasteiger charge is 2.41. The second-order valence-corrected chi connectivity index (χ2v) is 5.96. The summed E-state index contributed by atoms with van der Waals surface area (Å²) in [6, 6.07) is 6.04. The van der Waals surface area contributed by atoms with Crippen LogP contribution in [0.25, 0.3) is 0 Å². The standard InChI is InChI=1S/C15H19ClF3N/c1-10-2-3-11(8-14(10)16)9-20-13-6-4-12(5-7-13)15(17,18)19/h2-3,8,12-13,20H,4-7,9H2,1H3. The molecule has 1 aliphatic rings. The van der Waals surface area contributed by atoms with Crippen LogP contribution >= 0.6 is 11.6 Å². The Kier molecular flexibility index (Phi) is 4.97.